The summed E-state index contributed by atoms with van der Waals surface area (Å²) in [7, 11) is 0. The molecule has 14 heavy (non-hydrogen) atoms. The van der Waals surface area contributed by atoms with Crippen LogP contribution in [-0.2, 0) is 0 Å². The Morgan fingerprint density at radius 1 is 1.29 bits per heavy atom. The van der Waals surface area contributed by atoms with E-state index in [1.165, 1.54) is 0 Å². The number of nitrogens with two attached hydrogens (primary N) is 1. The van der Waals surface area contributed by atoms with Crippen molar-refractivity contribution in [2.24, 2.45) is 5.73 Å². The Labute approximate surface area is 88.1 Å². The average molecular weight is 216 g/mol. The maximum Gasteiger partial charge on any atom is 0.0829 e. The van der Waals surface area contributed by atoms with Gasteiger partial charge in [0.1, 0.15) is 0 Å². The van der Waals surface area contributed by atoms with Crippen LogP contribution in [0.25, 0.3) is 0 Å². The minimum atomic E-state index is -0.762. The highest BCUT2D eigenvalue weighted by molar-refractivity contribution is 6.31. The lowest BCUT2D eigenvalue weighted by Gasteiger charge is -2.15. The summed E-state index contributed by atoms with van der Waals surface area (Å²) in [6, 6.07) is 7.02. The molecular formula is C10H14ClNO2. The first-order chi connectivity index (χ1) is 6.65. The van der Waals surface area contributed by atoms with Gasteiger partial charge in [0.15, 0.2) is 0 Å². The lowest BCUT2D eigenvalue weighted by atomic mass is 10.0. The van der Waals surface area contributed by atoms with Crippen LogP contribution in [0.1, 0.15) is 18.1 Å². The standard InChI is InChI=1S/C10H14ClNO2/c11-9-4-2-1-3-8(9)10(14)5-7(13)6-12/h1-4,7,10,13-14H,5-6,12H2. The van der Waals surface area contributed by atoms with E-state index >= 15 is 0 Å². The molecule has 0 heterocycles. The molecule has 0 aliphatic carbocycles. The van der Waals surface area contributed by atoms with Crippen LogP contribution in [0.3, 0.4) is 0 Å². The Balaban J connectivity index is 2.69. The fraction of sp³-hybridized carbons (Fsp3) is 0.400. The molecule has 1 aromatic rings. The lowest BCUT2D eigenvalue weighted by Crippen LogP contribution is -2.22. The van der Waals surface area contributed by atoms with Crippen LogP contribution in [0.2, 0.25) is 5.02 Å². The fourth-order valence-corrected chi connectivity index (χ4v) is 1.49. The van der Waals surface area contributed by atoms with Gasteiger partial charge in [-0.05, 0) is 11.6 Å². The average Bonchev–Trinajstić information content (AvgIpc) is 2.18. The summed E-state index contributed by atoms with van der Waals surface area (Å²) < 4.78 is 0. The molecule has 0 aromatic heterocycles. The zero-order chi connectivity index (χ0) is 10.6. The van der Waals surface area contributed by atoms with Crippen molar-refractivity contribution in [3.05, 3.63) is 34.9 Å². The molecule has 0 bridgehead atoms. The summed E-state index contributed by atoms with van der Waals surface area (Å²) in [6.45, 7) is 0.140. The lowest BCUT2D eigenvalue weighted by molar-refractivity contribution is 0.0852. The van der Waals surface area contributed by atoms with Crippen molar-refractivity contribution in [2.75, 3.05) is 6.54 Å². The SMILES string of the molecule is NCC(O)CC(O)c1ccccc1Cl. The summed E-state index contributed by atoms with van der Waals surface area (Å²) in [5.74, 6) is 0. The van der Waals surface area contributed by atoms with Gasteiger partial charge in [-0.3, -0.25) is 0 Å². The van der Waals surface area contributed by atoms with Crippen LogP contribution in [0.5, 0.6) is 0 Å². The van der Waals surface area contributed by atoms with E-state index in [-0.39, 0.29) is 13.0 Å². The van der Waals surface area contributed by atoms with E-state index in [2.05, 4.69) is 0 Å². The van der Waals surface area contributed by atoms with E-state index in [1.807, 2.05) is 0 Å². The number of benzene rings is 1. The smallest absolute Gasteiger partial charge is 0.0829 e. The summed E-state index contributed by atoms with van der Waals surface area (Å²) >= 11 is 5.87. The zero-order valence-corrected chi connectivity index (χ0v) is 8.48. The van der Waals surface area contributed by atoms with Crippen LogP contribution >= 0.6 is 11.6 Å². The topological polar surface area (TPSA) is 66.5 Å². The highest BCUT2D eigenvalue weighted by Gasteiger charge is 2.14. The molecule has 0 spiro atoms. The Kier molecular flexibility index (Phi) is 4.35. The second-order valence-electron chi connectivity index (χ2n) is 3.16. The van der Waals surface area contributed by atoms with Gasteiger partial charge in [0.05, 0.1) is 12.2 Å². The highest BCUT2D eigenvalue weighted by atomic mass is 35.5. The molecule has 1 aromatic carbocycles. The van der Waals surface area contributed by atoms with Gasteiger partial charge >= 0.3 is 0 Å². The number of aliphatic hydroxyl groups excluding tert-OH is 2. The van der Waals surface area contributed by atoms with Crippen LogP contribution < -0.4 is 5.73 Å². The molecule has 0 aliphatic rings. The van der Waals surface area contributed by atoms with Crippen molar-refractivity contribution < 1.29 is 10.2 Å². The van der Waals surface area contributed by atoms with Gasteiger partial charge in [-0.25, -0.2) is 0 Å². The van der Waals surface area contributed by atoms with Crippen LogP contribution in [0.4, 0.5) is 0 Å². The first-order valence-electron chi connectivity index (χ1n) is 4.45. The van der Waals surface area contributed by atoms with E-state index in [0.717, 1.165) is 0 Å². The monoisotopic (exact) mass is 215 g/mol. The van der Waals surface area contributed by atoms with Crippen molar-refractivity contribution in [1.82, 2.24) is 0 Å². The first-order valence-corrected chi connectivity index (χ1v) is 4.83. The molecule has 2 unspecified atom stereocenters. The minimum absolute atomic E-state index is 0.140. The molecule has 0 radical (unpaired) electrons. The van der Waals surface area contributed by atoms with Crippen molar-refractivity contribution in [2.45, 2.75) is 18.6 Å². The molecular weight excluding hydrogens is 202 g/mol. The number of hydrogen-bond acceptors (Lipinski definition) is 3. The Morgan fingerprint density at radius 2 is 1.93 bits per heavy atom. The molecule has 0 saturated carbocycles. The van der Waals surface area contributed by atoms with Crippen LogP contribution in [0, 0.1) is 0 Å². The molecule has 0 amide bonds. The number of aliphatic hydroxyl groups is 2. The number of halogens is 1. The molecule has 1 rings (SSSR count). The van der Waals surface area contributed by atoms with Gasteiger partial charge < -0.3 is 15.9 Å². The quantitative estimate of drug-likeness (QED) is 0.704. The van der Waals surface area contributed by atoms with Crippen LogP contribution in [0.15, 0.2) is 24.3 Å². The second kappa shape index (κ2) is 5.32. The molecule has 4 N–H and O–H groups in total. The summed E-state index contributed by atoms with van der Waals surface area (Å²) in [6.07, 6.45) is -1.25. The number of rotatable bonds is 4. The Morgan fingerprint density at radius 3 is 2.50 bits per heavy atom. The Bertz CT molecular complexity index is 293. The van der Waals surface area contributed by atoms with E-state index in [1.54, 1.807) is 24.3 Å². The predicted molar refractivity (Wildman–Crippen MR) is 56.1 cm³/mol. The van der Waals surface area contributed by atoms with Gasteiger partial charge in [0, 0.05) is 18.0 Å². The van der Waals surface area contributed by atoms with E-state index < -0.39 is 12.2 Å². The molecule has 78 valence electrons. The maximum absolute atomic E-state index is 9.70. The third-order valence-electron chi connectivity index (χ3n) is 2.03. The minimum Gasteiger partial charge on any atom is -0.392 e. The third-order valence-corrected chi connectivity index (χ3v) is 2.38. The van der Waals surface area contributed by atoms with Crippen molar-refractivity contribution in [3.8, 4) is 0 Å². The van der Waals surface area contributed by atoms with E-state index in [0.29, 0.717) is 10.6 Å². The third kappa shape index (κ3) is 2.96. The van der Waals surface area contributed by atoms with E-state index in [4.69, 9.17) is 17.3 Å². The number of hydrogen-bond donors (Lipinski definition) is 3. The van der Waals surface area contributed by atoms with Gasteiger partial charge in [0.25, 0.3) is 0 Å². The first kappa shape index (κ1) is 11.5. The Hall–Kier alpha value is -0.610. The molecule has 0 aliphatic heterocycles. The van der Waals surface area contributed by atoms with Gasteiger partial charge in [-0.2, -0.15) is 0 Å². The summed E-state index contributed by atoms with van der Waals surface area (Å²) in [5, 5.41) is 19.5. The van der Waals surface area contributed by atoms with Crippen LogP contribution in [-0.4, -0.2) is 22.9 Å². The summed E-state index contributed by atoms with van der Waals surface area (Å²) in [5.41, 5.74) is 5.87. The second-order valence-corrected chi connectivity index (χ2v) is 3.57. The van der Waals surface area contributed by atoms with Crippen molar-refractivity contribution in [1.29, 1.82) is 0 Å². The molecule has 3 nitrogen and oxygen atoms in total. The van der Waals surface area contributed by atoms with Gasteiger partial charge in [-0.15, -0.1) is 0 Å². The predicted octanol–water partition coefficient (Wildman–Crippen LogP) is 1.08. The molecule has 4 heteroatoms. The molecule has 2 atom stereocenters. The zero-order valence-electron chi connectivity index (χ0n) is 7.73. The maximum atomic E-state index is 9.70. The largest absolute Gasteiger partial charge is 0.392 e. The van der Waals surface area contributed by atoms with Crippen molar-refractivity contribution >= 4 is 11.6 Å². The molecule has 0 fully saturated rings. The van der Waals surface area contributed by atoms with Crippen molar-refractivity contribution in [3.63, 3.8) is 0 Å². The normalized spacial score (nSPS) is 15.1. The van der Waals surface area contributed by atoms with E-state index in [9.17, 15) is 10.2 Å². The molecule has 0 saturated heterocycles. The van der Waals surface area contributed by atoms with Gasteiger partial charge in [0.2, 0.25) is 0 Å². The summed E-state index contributed by atoms with van der Waals surface area (Å²) in [4.78, 5) is 0. The fourth-order valence-electron chi connectivity index (χ4n) is 1.23. The van der Waals surface area contributed by atoms with Gasteiger partial charge in [-0.1, -0.05) is 29.8 Å². The highest BCUT2D eigenvalue weighted by Crippen LogP contribution is 2.25.